The van der Waals surface area contributed by atoms with Crippen LogP contribution in [0.3, 0.4) is 0 Å². The minimum absolute atomic E-state index is 0.747. The van der Waals surface area contributed by atoms with Gasteiger partial charge in [0.25, 0.3) is 0 Å². The van der Waals surface area contributed by atoms with Crippen molar-refractivity contribution in [3.05, 3.63) is 78.2 Å². The minimum Gasteiger partial charge on any atom is -0.352 e. The van der Waals surface area contributed by atoms with Gasteiger partial charge in [0.15, 0.2) is 5.65 Å². The summed E-state index contributed by atoms with van der Waals surface area (Å²) in [5.41, 5.74) is 3.09. The van der Waals surface area contributed by atoms with E-state index in [1.54, 1.807) is 0 Å². The second-order valence-corrected chi connectivity index (χ2v) is 6.22. The van der Waals surface area contributed by atoms with Crippen LogP contribution in [0.5, 0.6) is 0 Å². The van der Waals surface area contributed by atoms with Gasteiger partial charge in [0.1, 0.15) is 11.6 Å². The molecule has 0 saturated carbocycles. The van der Waals surface area contributed by atoms with Crippen molar-refractivity contribution in [2.45, 2.75) is 20.4 Å². The highest BCUT2D eigenvalue weighted by atomic mass is 15.3. The summed E-state index contributed by atoms with van der Waals surface area (Å²) in [6.45, 7) is 5.74. The van der Waals surface area contributed by atoms with Crippen LogP contribution in [-0.4, -0.2) is 26.3 Å². The highest BCUT2D eigenvalue weighted by Crippen LogP contribution is 2.26. The second kappa shape index (κ2) is 6.96. The molecule has 4 rings (SSSR count). The standard InChI is InChI=1S/C21H21N5/c1-3-25(15-17-10-6-4-7-11-17)20-19-14-22-26(18-12-8-5-9-13-18)21(19)24-16(2)23-20/h4-14H,3,15H2,1-2H3. The highest BCUT2D eigenvalue weighted by molar-refractivity contribution is 5.88. The maximum atomic E-state index is 4.74. The number of benzene rings is 2. The van der Waals surface area contributed by atoms with Crippen LogP contribution in [0.15, 0.2) is 66.9 Å². The zero-order valence-corrected chi connectivity index (χ0v) is 15.0. The lowest BCUT2D eigenvalue weighted by atomic mass is 10.2. The Morgan fingerprint density at radius 3 is 2.31 bits per heavy atom. The predicted octanol–water partition coefficient (Wildman–Crippen LogP) is 4.15. The van der Waals surface area contributed by atoms with Gasteiger partial charge in [-0.05, 0) is 31.5 Å². The molecule has 5 nitrogen and oxygen atoms in total. The summed E-state index contributed by atoms with van der Waals surface area (Å²) in [7, 11) is 0. The maximum Gasteiger partial charge on any atom is 0.168 e. The van der Waals surface area contributed by atoms with Gasteiger partial charge in [-0.3, -0.25) is 0 Å². The molecule has 4 aromatic rings. The maximum absolute atomic E-state index is 4.74. The molecule has 0 aliphatic heterocycles. The number of hydrogen-bond donors (Lipinski definition) is 0. The summed E-state index contributed by atoms with van der Waals surface area (Å²) in [5, 5.41) is 5.55. The molecule has 0 N–H and O–H groups in total. The smallest absolute Gasteiger partial charge is 0.168 e. The van der Waals surface area contributed by atoms with Crippen LogP contribution in [0.1, 0.15) is 18.3 Å². The average molecular weight is 343 g/mol. The molecule has 2 aromatic heterocycles. The predicted molar refractivity (Wildman–Crippen MR) is 105 cm³/mol. The molecule has 0 aliphatic carbocycles. The summed E-state index contributed by atoms with van der Waals surface area (Å²) in [5.74, 6) is 1.68. The van der Waals surface area contributed by atoms with Crippen molar-refractivity contribution in [2.24, 2.45) is 0 Å². The molecular formula is C21H21N5. The van der Waals surface area contributed by atoms with E-state index >= 15 is 0 Å². The average Bonchev–Trinajstić information content (AvgIpc) is 3.11. The zero-order valence-electron chi connectivity index (χ0n) is 15.0. The third-order valence-electron chi connectivity index (χ3n) is 4.42. The van der Waals surface area contributed by atoms with Crippen molar-refractivity contribution < 1.29 is 0 Å². The molecular weight excluding hydrogens is 322 g/mol. The van der Waals surface area contributed by atoms with Gasteiger partial charge in [0, 0.05) is 13.1 Å². The van der Waals surface area contributed by atoms with E-state index in [0.717, 1.165) is 41.5 Å². The molecule has 0 radical (unpaired) electrons. The van der Waals surface area contributed by atoms with Gasteiger partial charge < -0.3 is 4.90 Å². The lowest BCUT2D eigenvalue weighted by Gasteiger charge is -2.23. The quantitative estimate of drug-likeness (QED) is 0.546. The van der Waals surface area contributed by atoms with E-state index in [4.69, 9.17) is 4.98 Å². The van der Waals surface area contributed by atoms with Crippen molar-refractivity contribution in [1.29, 1.82) is 0 Å². The zero-order chi connectivity index (χ0) is 17.9. The fourth-order valence-electron chi connectivity index (χ4n) is 3.14. The van der Waals surface area contributed by atoms with Gasteiger partial charge in [-0.1, -0.05) is 48.5 Å². The summed E-state index contributed by atoms with van der Waals surface area (Å²) in [4.78, 5) is 11.7. The van der Waals surface area contributed by atoms with Crippen LogP contribution in [0, 0.1) is 6.92 Å². The molecule has 26 heavy (non-hydrogen) atoms. The Hall–Kier alpha value is -3.21. The van der Waals surface area contributed by atoms with Gasteiger partial charge in [0.2, 0.25) is 0 Å². The molecule has 5 heteroatoms. The Kier molecular flexibility index (Phi) is 4.35. The number of para-hydroxylation sites is 1. The highest BCUT2D eigenvalue weighted by Gasteiger charge is 2.17. The van der Waals surface area contributed by atoms with Crippen molar-refractivity contribution in [3.8, 4) is 5.69 Å². The first kappa shape index (κ1) is 16.3. The second-order valence-electron chi connectivity index (χ2n) is 6.22. The molecule has 0 aliphatic rings. The van der Waals surface area contributed by atoms with E-state index in [0.29, 0.717) is 0 Å². The van der Waals surface area contributed by atoms with E-state index in [1.165, 1.54) is 5.56 Å². The first-order valence-electron chi connectivity index (χ1n) is 8.83. The Morgan fingerprint density at radius 1 is 0.923 bits per heavy atom. The van der Waals surface area contributed by atoms with Crippen LogP contribution in [0.4, 0.5) is 5.82 Å². The van der Waals surface area contributed by atoms with Crippen molar-refractivity contribution >= 4 is 16.9 Å². The van der Waals surface area contributed by atoms with Crippen LogP contribution < -0.4 is 4.90 Å². The molecule has 0 amide bonds. The number of nitrogens with zero attached hydrogens (tertiary/aromatic N) is 5. The van der Waals surface area contributed by atoms with Crippen molar-refractivity contribution in [1.82, 2.24) is 19.7 Å². The Morgan fingerprint density at radius 2 is 1.62 bits per heavy atom. The Balaban J connectivity index is 1.81. The summed E-state index contributed by atoms with van der Waals surface area (Å²) >= 11 is 0. The van der Waals surface area contributed by atoms with Gasteiger partial charge in [-0.25, -0.2) is 14.6 Å². The molecule has 0 fully saturated rings. The largest absolute Gasteiger partial charge is 0.352 e. The molecule has 2 heterocycles. The molecule has 0 unspecified atom stereocenters. The SMILES string of the molecule is CCN(Cc1ccccc1)c1nc(C)nc2c1cnn2-c1ccccc1. The topological polar surface area (TPSA) is 46.8 Å². The number of hydrogen-bond acceptors (Lipinski definition) is 4. The van der Waals surface area contributed by atoms with Gasteiger partial charge >= 0.3 is 0 Å². The van der Waals surface area contributed by atoms with Crippen LogP contribution in [0.2, 0.25) is 0 Å². The third-order valence-corrected chi connectivity index (χ3v) is 4.42. The van der Waals surface area contributed by atoms with Gasteiger partial charge in [-0.2, -0.15) is 5.10 Å². The number of fused-ring (bicyclic) bond motifs is 1. The fourth-order valence-corrected chi connectivity index (χ4v) is 3.14. The molecule has 0 atom stereocenters. The van der Waals surface area contributed by atoms with E-state index in [9.17, 15) is 0 Å². The van der Waals surface area contributed by atoms with E-state index in [1.807, 2.05) is 54.2 Å². The molecule has 130 valence electrons. The van der Waals surface area contributed by atoms with Crippen LogP contribution >= 0.6 is 0 Å². The van der Waals surface area contributed by atoms with Gasteiger partial charge in [-0.15, -0.1) is 0 Å². The summed E-state index contributed by atoms with van der Waals surface area (Å²) in [6.07, 6.45) is 1.87. The van der Waals surface area contributed by atoms with E-state index in [2.05, 4.69) is 46.2 Å². The molecule has 0 spiro atoms. The number of aryl methyl sites for hydroxylation is 1. The fraction of sp³-hybridized carbons (Fsp3) is 0.190. The minimum atomic E-state index is 0.747. The van der Waals surface area contributed by atoms with E-state index in [-0.39, 0.29) is 0 Å². The molecule has 0 saturated heterocycles. The first-order valence-corrected chi connectivity index (χ1v) is 8.83. The molecule has 2 aromatic carbocycles. The van der Waals surface area contributed by atoms with Crippen LogP contribution in [0.25, 0.3) is 16.7 Å². The van der Waals surface area contributed by atoms with Crippen molar-refractivity contribution in [3.63, 3.8) is 0 Å². The number of rotatable bonds is 5. The first-order chi connectivity index (χ1) is 12.8. The van der Waals surface area contributed by atoms with E-state index < -0.39 is 0 Å². The normalized spacial score (nSPS) is 11.0. The third kappa shape index (κ3) is 3.04. The van der Waals surface area contributed by atoms with Crippen molar-refractivity contribution in [2.75, 3.05) is 11.4 Å². The Labute approximate surface area is 152 Å². The lowest BCUT2D eigenvalue weighted by Crippen LogP contribution is -2.23. The number of anilines is 1. The number of aromatic nitrogens is 4. The lowest BCUT2D eigenvalue weighted by molar-refractivity contribution is 0.810. The molecule has 0 bridgehead atoms. The van der Waals surface area contributed by atoms with Gasteiger partial charge in [0.05, 0.1) is 17.3 Å². The monoisotopic (exact) mass is 343 g/mol. The summed E-state index contributed by atoms with van der Waals surface area (Å²) < 4.78 is 1.88. The summed E-state index contributed by atoms with van der Waals surface area (Å²) in [6, 6.07) is 20.5. The Bertz CT molecular complexity index is 1010. The van der Waals surface area contributed by atoms with Crippen LogP contribution in [-0.2, 0) is 6.54 Å².